The van der Waals surface area contributed by atoms with Gasteiger partial charge in [-0.3, -0.25) is 4.98 Å². The van der Waals surface area contributed by atoms with Crippen LogP contribution in [0.5, 0.6) is 0 Å². The number of hydrogen-bond donors (Lipinski definition) is 2. The molecule has 1 fully saturated rings. The molecule has 4 heteroatoms. The summed E-state index contributed by atoms with van der Waals surface area (Å²) in [5, 5.41) is 17.6. The predicted octanol–water partition coefficient (Wildman–Crippen LogP) is -0.361. The Balaban J connectivity index is 2.18. The van der Waals surface area contributed by atoms with Crippen LogP contribution in [0.15, 0.2) is 18.3 Å². The quantitative estimate of drug-likeness (QED) is 0.585. The fourth-order valence-corrected chi connectivity index (χ4v) is 1.19. The van der Waals surface area contributed by atoms with Gasteiger partial charge in [-0.05, 0) is 18.9 Å². The molecule has 1 aliphatic carbocycles. The van der Waals surface area contributed by atoms with Gasteiger partial charge in [-0.15, -0.1) is 0 Å². The molecule has 0 radical (unpaired) electrons. The zero-order valence-corrected chi connectivity index (χ0v) is 6.64. The van der Waals surface area contributed by atoms with E-state index >= 15 is 0 Å². The molecular weight excluding hydrogens is 153 g/mol. The van der Waals surface area contributed by atoms with E-state index in [-0.39, 0.29) is 0 Å². The van der Waals surface area contributed by atoms with Gasteiger partial charge in [0, 0.05) is 23.3 Å². The van der Waals surface area contributed by atoms with Crippen LogP contribution >= 0.6 is 0 Å². The average Bonchev–Trinajstić information content (AvgIpc) is 2.87. The Morgan fingerprint density at radius 3 is 2.50 bits per heavy atom. The van der Waals surface area contributed by atoms with Gasteiger partial charge in [-0.25, -0.2) is 0 Å². The smallest absolute Gasteiger partial charge is 0.423 e. The van der Waals surface area contributed by atoms with Crippen molar-refractivity contribution in [2.24, 2.45) is 0 Å². The fourth-order valence-electron chi connectivity index (χ4n) is 1.19. The van der Waals surface area contributed by atoms with Crippen molar-refractivity contribution in [1.29, 1.82) is 0 Å². The van der Waals surface area contributed by atoms with Crippen molar-refractivity contribution < 1.29 is 10.0 Å². The molecule has 62 valence electrons. The third-order valence-corrected chi connectivity index (χ3v) is 2.10. The summed E-state index contributed by atoms with van der Waals surface area (Å²) in [6.45, 7) is 0. The maximum atomic E-state index is 8.78. The SMILES string of the molecule is OB(O)c1ccc(C2CC2)nc1. The monoisotopic (exact) mass is 163 g/mol. The molecule has 1 heterocycles. The largest absolute Gasteiger partial charge is 0.490 e. The van der Waals surface area contributed by atoms with Crippen LogP contribution in [0.3, 0.4) is 0 Å². The molecule has 2 rings (SSSR count). The Labute approximate surface area is 71.2 Å². The third kappa shape index (κ3) is 1.49. The lowest BCUT2D eigenvalue weighted by Gasteiger charge is -1.99. The predicted molar refractivity (Wildman–Crippen MR) is 46.0 cm³/mol. The highest BCUT2D eigenvalue weighted by molar-refractivity contribution is 6.58. The molecule has 1 aromatic heterocycles. The molecule has 1 aliphatic rings. The van der Waals surface area contributed by atoms with Gasteiger partial charge in [0.2, 0.25) is 0 Å². The lowest BCUT2D eigenvalue weighted by Crippen LogP contribution is -2.30. The summed E-state index contributed by atoms with van der Waals surface area (Å²) < 4.78 is 0. The van der Waals surface area contributed by atoms with Crippen molar-refractivity contribution in [3.63, 3.8) is 0 Å². The Morgan fingerprint density at radius 2 is 2.08 bits per heavy atom. The highest BCUT2D eigenvalue weighted by Crippen LogP contribution is 2.38. The van der Waals surface area contributed by atoms with Crippen molar-refractivity contribution in [1.82, 2.24) is 4.98 Å². The topological polar surface area (TPSA) is 53.4 Å². The molecule has 0 saturated heterocycles. The van der Waals surface area contributed by atoms with Gasteiger partial charge >= 0.3 is 7.12 Å². The molecule has 0 spiro atoms. The lowest BCUT2D eigenvalue weighted by atomic mass is 9.81. The van der Waals surface area contributed by atoms with E-state index in [0.717, 1.165) is 5.69 Å². The summed E-state index contributed by atoms with van der Waals surface area (Å²) in [5.74, 6) is 0.620. The van der Waals surface area contributed by atoms with E-state index in [2.05, 4.69) is 4.98 Å². The van der Waals surface area contributed by atoms with Crippen LogP contribution in [0.1, 0.15) is 24.5 Å². The van der Waals surface area contributed by atoms with Gasteiger partial charge in [0.05, 0.1) is 0 Å². The number of nitrogens with zero attached hydrogens (tertiary/aromatic N) is 1. The molecule has 0 atom stereocenters. The van der Waals surface area contributed by atoms with Crippen LogP contribution in [0.25, 0.3) is 0 Å². The first-order valence-electron chi connectivity index (χ1n) is 4.09. The molecule has 3 nitrogen and oxygen atoms in total. The first-order chi connectivity index (χ1) is 5.77. The first kappa shape index (κ1) is 7.77. The van der Waals surface area contributed by atoms with Crippen molar-refractivity contribution in [3.8, 4) is 0 Å². The number of hydrogen-bond acceptors (Lipinski definition) is 3. The van der Waals surface area contributed by atoms with Gasteiger partial charge in [-0.1, -0.05) is 6.07 Å². The summed E-state index contributed by atoms with van der Waals surface area (Å²) in [5.41, 5.74) is 1.53. The van der Waals surface area contributed by atoms with Crippen LogP contribution < -0.4 is 5.46 Å². The summed E-state index contributed by atoms with van der Waals surface area (Å²) >= 11 is 0. The summed E-state index contributed by atoms with van der Waals surface area (Å²) in [6.07, 6.45) is 3.96. The highest BCUT2D eigenvalue weighted by Gasteiger charge is 2.25. The van der Waals surface area contributed by atoms with E-state index in [1.54, 1.807) is 6.07 Å². The number of aromatic nitrogens is 1. The second-order valence-electron chi connectivity index (χ2n) is 3.16. The van der Waals surface area contributed by atoms with Crippen molar-refractivity contribution >= 4 is 12.6 Å². The Kier molecular flexibility index (Phi) is 1.86. The molecule has 0 bridgehead atoms. The summed E-state index contributed by atoms with van der Waals surface area (Å²) in [7, 11) is -1.40. The van der Waals surface area contributed by atoms with Gasteiger partial charge in [0.25, 0.3) is 0 Å². The minimum Gasteiger partial charge on any atom is -0.423 e. The van der Waals surface area contributed by atoms with Crippen LogP contribution in [0, 0.1) is 0 Å². The molecule has 0 aromatic carbocycles. The van der Waals surface area contributed by atoms with Gasteiger partial charge in [0.15, 0.2) is 0 Å². The van der Waals surface area contributed by atoms with Crippen LogP contribution in [0.4, 0.5) is 0 Å². The van der Waals surface area contributed by atoms with E-state index in [1.807, 2.05) is 6.07 Å². The molecular formula is C8H10BNO2. The van der Waals surface area contributed by atoms with E-state index in [9.17, 15) is 0 Å². The molecule has 0 aliphatic heterocycles. The zero-order valence-electron chi connectivity index (χ0n) is 6.64. The van der Waals surface area contributed by atoms with Crippen LogP contribution in [0.2, 0.25) is 0 Å². The summed E-state index contributed by atoms with van der Waals surface area (Å²) in [6, 6.07) is 3.58. The standard InChI is InChI=1S/C8H10BNO2/c11-9(12)7-3-4-8(10-5-7)6-1-2-6/h3-6,11-12H,1-2H2. The second kappa shape index (κ2) is 2.88. The maximum absolute atomic E-state index is 8.78. The normalized spacial score (nSPS) is 16.2. The summed E-state index contributed by atoms with van der Waals surface area (Å²) in [4.78, 5) is 4.14. The van der Waals surface area contributed by atoms with Gasteiger partial charge in [-0.2, -0.15) is 0 Å². The Morgan fingerprint density at radius 1 is 1.33 bits per heavy atom. The van der Waals surface area contributed by atoms with E-state index in [4.69, 9.17) is 10.0 Å². The molecule has 1 saturated carbocycles. The van der Waals surface area contributed by atoms with Crippen LogP contribution in [-0.2, 0) is 0 Å². The van der Waals surface area contributed by atoms with E-state index in [1.165, 1.54) is 19.0 Å². The Bertz CT molecular complexity index is 248. The fraction of sp³-hybridized carbons (Fsp3) is 0.375. The minimum atomic E-state index is -1.40. The third-order valence-electron chi connectivity index (χ3n) is 2.10. The van der Waals surface area contributed by atoms with E-state index in [0.29, 0.717) is 11.4 Å². The zero-order chi connectivity index (χ0) is 8.55. The number of pyridine rings is 1. The van der Waals surface area contributed by atoms with Crippen molar-refractivity contribution in [2.45, 2.75) is 18.8 Å². The average molecular weight is 163 g/mol. The van der Waals surface area contributed by atoms with Crippen molar-refractivity contribution in [2.75, 3.05) is 0 Å². The van der Waals surface area contributed by atoms with Gasteiger partial charge in [0.1, 0.15) is 0 Å². The van der Waals surface area contributed by atoms with Crippen molar-refractivity contribution in [3.05, 3.63) is 24.0 Å². The second-order valence-corrected chi connectivity index (χ2v) is 3.16. The van der Waals surface area contributed by atoms with E-state index < -0.39 is 7.12 Å². The lowest BCUT2D eigenvalue weighted by molar-refractivity contribution is 0.425. The maximum Gasteiger partial charge on any atom is 0.490 e. The first-order valence-corrected chi connectivity index (χ1v) is 4.09. The minimum absolute atomic E-state index is 0.458. The molecule has 1 aromatic rings. The molecule has 0 unspecified atom stereocenters. The van der Waals surface area contributed by atoms with Gasteiger partial charge < -0.3 is 10.0 Å². The molecule has 0 amide bonds. The highest BCUT2D eigenvalue weighted by atomic mass is 16.4. The number of rotatable bonds is 2. The van der Waals surface area contributed by atoms with Crippen LogP contribution in [-0.4, -0.2) is 22.2 Å². The molecule has 2 N–H and O–H groups in total. The molecule has 12 heavy (non-hydrogen) atoms. The Hall–Kier alpha value is -0.865.